The Morgan fingerprint density at radius 3 is 2.74 bits per heavy atom. The standard InChI is InChI=1S/C16H16N4O2S/c21-14(19-15-18-13(9-23-15)10-1-2-10)11-3-5-12(6-4-11)20-8-7-17-16(20)22/h3-6,9-10H,1-2,7-8H2,(H,17,22)(H,18,19,21). The second kappa shape index (κ2) is 5.66. The van der Waals surface area contributed by atoms with E-state index in [9.17, 15) is 9.59 Å². The average Bonchev–Trinajstić information content (AvgIpc) is 3.16. The summed E-state index contributed by atoms with van der Waals surface area (Å²) in [6.07, 6.45) is 2.39. The van der Waals surface area contributed by atoms with Crippen LogP contribution in [0.15, 0.2) is 29.6 Å². The molecule has 2 heterocycles. The second-order valence-electron chi connectivity index (χ2n) is 5.74. The smallest absolute Gasteiger partial charge is 0.321 e. The topological polar surface area (TPSA) is 74.3 Å². The van der Waals surface area contributed by atoms with Crippen molar-refractivity contribution in [2.75, 3.05) is 23.3 Å². The summed E-state index contributed by atoms with van der Waals surface area (Å²) >= 11 is 1.46. The van der Waals surface area contributed by atoms with Crippen molar-refractivity contribution in [1.29, 1.82) is 0 Å². The fraction of sp³-hybridized carbons (Fsp3) is 0.312. The molecule has 0 atom stereocenters. The number of nitrogens with one attached hydrogen (secondary N) is 2. The number of urea groups is 1. The largest absolute Gasteiger partial charge is 0.336 e. The molecule has 23 heavy (non-hydrogen) atoms. The highest BCUT2D eigenvalue weighted by molar-refractivity contribution is 7.14. The van der Waals surface area contributed by atoms with E-state index in [1.165, 1.54) is 24.2 Å². The number of hydrogen-bond donors (Lipinski definition) is 2. The van der Waals surface area contributed by atoms with Crippen molar-refractivity contribution in [3.05, 3.63) is 40.9 Å². The Kier molecular flexibility index (Phi) is 3.49. The number of aromatic nitrogens is 1. The van der Waals surface area contributed by atoms with Gasteiger partial charge in [0.1, 0.15) is 0 Å². The SMILES string of the molecule is O=C(Nc1nc(C2CC2)cs1)c1ccc(N2CCNC2=O)cc1. The van der Waals surface area contributed by atoms with Gasteiger partial charge in [-0.2, -0.15) is 0 Å². The summed E-state index contributed by atoms with van der Waals surface area (Å²) in [6.45, 7) is 1.29. The lowest BCUT2D eigenvalue weighted by Crippen LogP contribution is -2.27. The summed E-state index contributed by atoms with van der Waals surface area (Å²) in [5, 5.41) is 8.25. The molecule has 2 fully saturated rings. The van der Waals surface area contributed by atoms with Crippen molar-refractivity contribution >= 4 is 34.1 Å². The molecule has 1 saturated carbocycles. The molecule has 6 nitrogen and oxygen atoms in total. The molecule has 118 valence electrons. The summed E-state index contributed by atoms with van der Waals surface area (Å²) in [4.78, 5) is 30.0. The van der Waals surface area contributed by atoms with Gasteiger partial charge in [0.15, 0.2) is 5.13 Å². The predicted octanol–water partition coefficient (Wildman–Crippen LogP) is 2.80. The molecule has 2 aliphatic rings. The molecule has 0 radical (unpaired) electrons. The maximum atomic E-state index is 12.3. The van der Waals surface area contributed by atoms with Gasteiger partial charge in [-0.05, 0) is 37.1 Å². The van der Waals surface area contributed by atoms with Crippen LogP contribution in [0, 0.1) is 0 Å². The Morgan fingerprint density at radius 1 is 1.30 bits per heavy atom. The fourth-order valence-corrected chi connectivity index (χ4v) is 3.38. The molecule has 7 heteroatoms. The van der Waals surface area contributed by atoms with Gasteiger partial charge in [0.05, 0.1) is 5.69 Å². The molecule has 0 unspecified atom stereocenters. The van der Waals surface area contributed by atoms with Crippen molar-refractivity contribution < 1.29 is 9.59 Å². The van der Waals surface area contributed by atoms with E-state index >= 15 is 0 Å². The Bertz CT molecular complexity index is 752. The first-order valence-electron chi connectivity index (χ1n) is 7.63. The first-order valence-corrected chi connectivity index (χ1v) is 8.51. The third kappa shape index (κ3) is 2.92. The molecule has 3 amide bonds. The van der Waals surface area contributed by atoms with E-state index < -0.39 is 0 Å². The highest BCUT2D eigenvalue weighted by Gasteiger charge is 2.26. The van der Waals surface area contributed by atoms with E-state index in [1.54, 1.807) is 29.2 Å². The van der Waals surface area contributed by atoms with E-state index in [2.05, 4.69) is 15.6 Å². The third-order valence-corrected chi connectivity index (χ3v) is 4.81. The molecule has 2 aromatic rings. The number of amides is 3. The summed E-state index contributed by atoms with van der Waals surface area (Å²) in [5.41, 5.74) is 2.43. The number of carbonyl (C=O) groups excluding carboxylic acids is 2. The van der Waals surface area contributed by atoms with Crippen LogP contribution in [-0.2, 0) is 0 Å². The van der Waals surface area contributed by atoms with Gasteiger partial charge in [-0.1, -0.05) is 0 Å². The van der Waals surface area contributed by atoms with Crippen molar-refractivity contribution in [1.82, 2.24) is 10.3 Å². The van der Waals surface area contributed by atoms with Crippen LogP contribution < -0.4 is 15.5 Å². The molecule has 4 rings (SSSR count). The lowest BCUT2D eigenvalue weighted by atomic mass is 10.2. The Labute approximate surface area is 137 Å². The monoisotopic (exact) mass is 328 g/mol. The molecule has 0 spiro atoms. The van der Waals surface area contributed by atoms with E-state index in [0.29, 0.717) is 29.7 Å². The first kappa shape index (κ1) is 14.2. The summed E-state index contributed by atoms with van der Waals surface area (Å²) in [7, 11) is 0. The fourth-order valence-electron chi connectivity index (χ4n) is 2.59. The number of nitrogens with zero attached hydrogens (tertiary/aromatic N) is 2. The van der Waals surface area contributed by atoms with E-state index in [4.69, 9.17) is 0 Å². The molecule has 1 aliphatic heterocycles. The van der Waals surface area contributed by atoms with Crippen LogP contribution in [0.3, 0.4) is 0 Å². The third-order valence-electron chi connectivity index (χ3n) is 4.04. The van der Waals surface area contributed by atoms with Crippen LogP contribution in [0.5, 0.6) is 0 Å². The molecular weight excluding hydrogens is 312 g/mol. The summed E-state index contributed by atoms with van der Waals surface area (Å²) < 4.78 is 0. The van der Waals surface area contributed by atoms with Crippen molar-refractivity contribution in [3.8, 4) is 0 Å². The molecule has 1 aromatic carbocycles. The average molecular weight is 328 g/mol. The van der Waals surface area contributed by atoms with E-state index in [1.807, 2.05) is 5.38 Å². The molecular formula is C16H16N4O2S. The zero-order chi connectivity index (χ0) is 15.8. The Balaban J connectivity index is 1.44. The van der Waals surface area contributed by atoms with Gasteiger partial charge >= 0.3 is 6.03 Å². The van der Waals surface area contributed by atoms with Gasteiger partial charge < -0.3 is 5.32 Å². The zero-order valence-electron chi connectivity index (χ0n) is 12.4. The number of hydrogen-bond acceptors (Lipinski definition) is 4. The van der Waals surface area contributed by atoms with Crippen molar-refractivity contribution in [2.45, 2.75) is 18.8 Å². The predicted molar refractivity (Wildman–Crippen MR) is 89.2 cm³/mol. The summed E-state index contributed by atoms with van der Waals surface area (Å²) in [5.74, 6) is 0.405. The van der Waals surface area contributed by atoms with Crippen LogP contribution in [0.25, 0.3) is 0 Å². The highest BCUT2D eigenvalue weighted by atomic mass is 32.1. The zero-order valence-corrected chi connectivity index (χ0v) is 13.2. The van der Waals surface area contributed by atoms with Crippen LogP contribution in [0.4, 0.5) is 15.6 Å². The highest BCUT2D eigenvalue weighted by Crippen LogP contribution is 2.40. The lowest BCUT2D eigenvalue weighted by molar-refractivity contribution is 0.102. The first-order chi connectivity index (χ1) is 11.2. The number of rotatable bonds is 4. The molecule has 2 N–H and O–H groups in total. The molecule has 1 saturated heterocycles. The van der Waals surface area contributed by atoms with E-state index in [0.717, 1.165) is 11.4 Å². The van der Waals surface area contributed by atoms with Crippen molar-refractivity contribution in [2.24, 2.45) is 0 Å². The minimum atomic E-state index is -0.181. The normalized spacial score (nSPS) is 17.2. The molecule has 0 bridgehead atoms. The minimum absolute atomic E-state index is 0.0995. The van der Waals surface area contributed by atoms with Crippen LogP contribution in [0.2, 0.25) is 0 Å². The molecule has 1 aromatic heterocycles. The van der Waals surface area contributed by atoms with Crippen LogP contribution >= 0.6 is 11.3 Å². The maximum absolute atomic E-state index is 12.3. The van der Waals surface area contributed by atoms with Gasteiger partial charge in [-0.15, -0.1) is 11.3 Å². The lowest BCUT2D eigenvalue weighted by Gasteiger charge is -2.14. The van der Waals surface area contributed by atoms with Gasteiger partial charge in [-0.25, -0.2) is 9.78 Å². The van der Waals surface area contributed by atoms with Crippen molar-refractivity contribution in [3.63, 3.8) is 0 Å². The quantitative estimate of drug-likeness (QED) is 0.906. The number of anilines is 2. The Morgan fingerprint density at radius 2 is 2.09 bits per heavy atom. The van der Waals surface area contributed by atoms with Gasteiger partial charge in [0, 0.05) is 35.6 Å². The maximum Gasteiger partial charge on any atom is 0.321 e. The Hall–Kier alpha value is -2.41. The summed E-state index contributed by atoms with van der Waals surface area (Å²) in [6, 6.07) is 6.93. The van der Waals surface area contributed by atoms with Crippen LogP contribution in [0.1, 0.15) is 34.8 Å². The molecule has 1 aliphatic carbocycles. The number of carbonyl (C=O) groups is 2. The minimum Gasteiger partial charge on any atom is -0.336 e. The van der Waals surface area contributed by atoms with Gasteiger partial charge in [0.25, 0.3) is 5.91 Å². The number of thiazole rings is 1. The second-order valence-corrected chi connectivity index (χ2v) is 6.59. The van der Waals surface area contributed by atoms with Gasteiger partial charge in [0.2, 0.25) is 0 Å². The van der Waals surface area contributed by atoms with E-state index in [-0.39, 0.29) is 11.9 Å². The number of benzene rings is 1. The van der Waals surface area contributed by atoms with Gasteiger partial charge in [-0.3, -0.25) is 15.0 Å². The van der Waals surface area contributed by atoms with Crippen LogP contribution in [-0.4, -0.2) is 30.0 Å².